The molecule has 2 N–H and O–H groups in total. The number of hydrogen-bond acceptors (Lipinski definition) is 3. The summed E-state index contributed by atoms with van der Waals surface area (Å²) in [6.07, 6.45) is 2.12. The number of aryl methyl sites for hydroxylation is 1. The second kappa shape index (κ2) is 6.51. The Labute approximate surface area is 117 Å². The van der Waals surface area contributed by atoms with Crippen molar-refractivity contribution in [3.05, 3.63) is 35.4 Å². The summed E-state index contributed by atoms with van der Waals surface area (Å²) in [5.41, 5.74) is 9.02. The molecule has 1 fully saturated rings. The van der Waals surface area contributed by atoms with Crippen LogP contribution in [0.3, 0.4) is 0 Å². The standard InChI is InChI=1S/C16H27N3/c1-4-13-5-7-14(8-6-13)16(17)11-15-12-18(2)9-10-19(15)3/h5-8,15-16H,4,9-12,17H2,1-3H3. The zero-order valence-electron chi connectivity index (χ0n) is 12.5. The predicted molar refractivity (Wildman–Crippen MR) is 81.3 cm³/mol. The molecule has 19 heavy (non-hydrogen) atoms. The minimum atomic E-state index is 0.143. The minimum Gasteiger partial charge on any atom is -0.324 e. The van der Waals surface area contributed by atoms with Crippen LogP contribution in [0.5, 0.6) is 0 Å². The van der Waals surface area contributed by atoms with Crippen LogP contribution < -0.4 is 5.73 Å². The van der Waals surface area contributed by atoms with Crippen LogP contribution >= 0.6 is 0 Å². The van der Waals surface area contributed by atoms with Gasteiger partial charge in [-0.1, -0.05) is 31.2 Å². The third kappa shape index (κ3) is 3.78. The van der Waals surface area contributed by atoms with Crippen LogP contribution in [0, 0.1) is 0 Å². The summed E-state index contributed by atoms with van der Waals surface area (Å²) >= 11 is 0. The second-order valence-corrected chi connectivity index (χ2v) is 5.83. The normalized spacial score (nSPS) is 23.5. The monoisotopic (exact) mass is 261 g/mol. The summed E-state index contributed by atoms with van der Waals surface area (Å²) in [7, 11) is 4.41. The Balaban J connectivity index is 1.97. The lowest BCUT2D eigenvalue weighted by Gasteiger charge is -2.38. The SMILES string of the molecule is CCc1ccc(C(N)CC2CN(C)CCN2C)cc1. The summed E-state index contributed by atoms with van der Waals surface area (Å²) in [5, 5.41) is 0. The fraction of sp³-hybridized carbons (Fsp3) is 0.625. The first kappa shape index (κ1) is 14.5. The maximum atomic E-state index is 6.38. The molecule has 2 rings (SSSR count). The van der Waals surface area contributed by atoms with Gasteiger partial charge in [0.25, 0.3) is 0 Å². The molecule has 1 saturated heterocycles. The van der Waals surface area contributed by atoms with Crippen molar-refractivity contribution in [1.29, 1.82) is 0 Å². The van der Waals surface area contributed by atoms with Gasteiger partial charge in [0.15, 0.2) is 0 Å². The number of benzene rings is 1. The van der Waals surface area contributed by atoms with Crippen molar-refractivity contribution in [2.24, 2.45) is 5.73 Å². The third-order valence-corrected chi connectivity index (χ3v) is 4.32. The molecule has 0 amide bonds. The summed E-state index contributed by atoms with van der Waals surface area (Å²) < 4.78 is 0. The molecule has 1 aliphatic heterocycles. The van der Waals surface area contributed by atoms with E-state index in [2.05, 4.69) is 55.1 Å². The van der Waals surface area contributed by atoms with Crippen molar-refractivity contribution in [3.63, 3.8) is 0 Å². The van der Waals surface area contributed by atoms with Crippen molar-refractivity contribution in [3.8, 4) is 0 Å². The predicted octanol–water partition coefficient (Wildman–Crippen LogP) is 1.88. The van der Waals surface area contributed by atoms with Gasteiger partial charge in [0.05, 0.1) is 0 Å². The van der Waals surface area contributed by atoms with Gasteiger partial charge in [0, 0.05) is 31.7 Å². The van der Waals surface area contributed by atoms with E-state index in [9.17, 15) is 0 Å². The molecule has 1 aromatic carbocycles. The Morgan fingerprint density at radius 3 is 2.53 bits per heavy atom. The summed E-state index contributed by atoms with van der Waals surface area (Å²) in [6, 6.07) is 9.49. The fourth-order valence-corrected chi connectivity index (χ4v) is 2.79. The highest BCUT2D eigenvalue weighted by atomic mass is 15.3. The van der Waals surface area contributed by atoms with Crippen LogP contribution in [0.15, 0.2) is 24.3 Å². The molecule has 1 heterocycles. The Morgan fingerprint density at radius 1 is 1.21 bits per heavy atom. The summed E-state index contributed by atoms with van der Waals surface area (Å²) in [4.78, 5) is 4.85. The molecule has 0 aliphatic carbocycles. The topological polar surface area (TPSA) is 32.5 Å². The highest BCUT2D eigenvalue weighted by molar-refractivity contribution is 5.25. The van der Waals surface area contributed by atoms with E-state index in [1.807, 2.05) is 0 Å². The Hall–Kier alpha value is -0.900. The van der Waals surface area contributed by atoms with E-state index in [-0.39, 0.29) is 6.04 Å². The highest BCUT2D eigenvalue weighted by Gasteiger charge is 2.24. The van der Waals surface area contributed by atoms with Crippen molar-refractivity contribution >= 4 is 0 Å². The molecule has 0 saturated carbocycles. The molecule has 2 atom stereocenters. The molecule has 3 heteroatoms. The van der Waals surface area contributed by atoms with E-state index in [0.29, 0.717) is 6.04 Å². The Morgan fingerprint density at radius 2 is 1.89 bits per heavy atom. The van der Waals surface area contributed by atoms with E-state index in [1.54, 1.807) is 0 Å². The number of rotatable bonds is 4. The van der Waals surface area contributed by atoms with Crippen molar-refractivity contribution in [1.82, 2.24) is 9.80 Å². The number of nitrogens with two attached hydrogens (primary N) is 1. The Kier molecular flexibility index (Phi) is 4.97. The molecular formula is C16H27N3. The van der Waals surface area contributed by atoms with Gasteiger partial charge < -0.3 is 15.5 Å². The zero-order valence-corrected chi connectivity index (χ0v) is 12.5. The minimum absolute atomic E-state index is 0.143. The molecule has 1 aromatic rings. The van der Waals surface area contributed by atoms with E-state index in [1.165, 1.54) is 11.1 Å². The average molecular weight is 261 g/mol. The lowest BCUT2D eigenvalue weighted by atomic mass is 9.97. The van der Waals surface area contributed by atoms with Crippen LogP contribution in [0.1, 0.15) is 30.5 Å². The molecular weight excluding hydrogens is 234 g/mol. The molecule has 106 valence electrons. The third-order valence-electron chi connectivity index (χ3n) is 4.32. The van der Waals surface area contributed by atoms with E-state index in [4.69, 9.17) is 5.73 Å². The molecule has 0 aromatic heterocycles. The van der Waals surface area contributed by atoms with Gasteiger partial charge in [-0.2, -0.15) is 0 Å². The van der Waals surface area contributed by atoms with Crippen molar-refractivity contribution in [2.45, 2.75) is 31.8 Å². The second-order valence-electron chi connectivity index (χ2n) is 5.83. The number of likely N-dealkylation sites (N-methyl/N-ethyl adjacent to an activating group) is 2. The number of nitrogens with zero attached hydrogens (tertiary/aromatic N) is 2. The van der Waals surface area contributed by atoms with E-state index < -0.39 is 0 Å². The van der Waals surface area contributed by atoms with Gasteiger partial charge >= 0.3 is 0 Å². The van der Waals surface area contributed by atoms with Crippen LogP contribution in [0.25, 0.3) is 0 Å². The molecule has 0 spiro atoms. The maximum Gasteiger partial charge on any atom is 0.0310 e. The zero-order chi connectivity index (χ0) is 13.8. The Bertz CT molecular complexity index is 387. The first-order chi connectivity index (χ1) is 9.10. The smallest absolute Gasteiger partial charge is 0.0310 e. The summed E-state index contributed by atoms with van der Waals surface area (Å²) in [6.45, 7) is 5.61. The fourth-order valence-electron chi connectivity index (χ4n) is 2.79. The quantitative estimate of drug-likeness (QED) is 0.898. The van der Waals surface area contributed by atoms with Crippen molar-refractivity contribution < 1.29 is 0 Å². The lowest BCUT2D eigenvalue weighted by molar-refractivity contribution is 0.104. The number of hydrogen-bond donors (Lipinski definition) is 1. The lowest BCUT2D eigenvalue weighted by Crippen LogP contribution is -2.50. The molecule has 0 radical (unpaired) electrons. The van der Waals surface area contributed by atoms with Crippen molar-refractivity contribution in [2.75, 3.05) is 33.7 Å². The van der Waals surface area contributed by atoms with Crippen LogP contribution in [0.4, 0.5) is 0 Å². The van der Waals surface area contributed by atoms with Gasteiger partial charge in [0.1, 0.15) is 0 Å². The summed E-state index contributed by atoms with van der Waals surface area (Å²) in [5.74, 6) is 0. The van der Waals surface area contributed by atoms with Crippen LogP contribution in [-0.4, -0.2) is 49.6 Å². The van der Waals surface area contributed by atoms with Gasteiger partial charge in [0.2, 0.25) is 0 Å². The van der Waals surface area contributed by atoms with Crippen LogP contribution in [0.2, 0.25) is 0 Å². The first-order valence-corrected chi connectivity index (χ1v) is 7.33. The molecule has 2 unspecified atom stereocenters. The number of piperazine rings is 1. The van der Waals surface area contributed by atoms with Gasteiger partial charge in [-0.3, -0.25) is 0 Å². The highest BCUT2D eigenvalue weighted by Crippen LogP contribution is 2.21. The molecule has 0 bridgehead atoms. The van der Waals surface area contributed by atoms with Crippen LogP contribution in [-0.2, 0) is 6.42 Å². The maximum absolute atomic E-state index is 6.38. The van der Waals surface area contributed by atoms with Gasteiger partial charge in [-0.15, -0.1) is 0 Å². The molecule has 1 aliphatic rings. The van der Waals surface area contributed by atoms with E-state index >= 15 is 0 Å². The van der Waals surface area contributed by atoms with E-state index in [0.717, 1.165) is 32.5 Å². The van der Waals surface area contributed by atoms with Gasteiger partial charge in [-0.25, -0.2) is 0 Å². The average Bonchev–Trinajstić information content (AvgIpc) is 2.43. The molecule has 3 nitrogen and oxygen atoms in total. The van der Waals surface area contributed by atoms with Gasteiger partial charge in [-0.05, 0) is 38.1 Å². The largest absolute Gasteiger partial charge is 0.324 e. The first-order valence-electron chi connectivity index (χ1n) is 7.33.